The van der Waals surface area contributed by atoms with Gasteiger partial charge in [-0.2, -0.15) is 0 Å². The summed E-state index contributed by atoms with van der Waals surface area (Å²) in [7, 11) is 0. The molecule has 504 valence electrons. The van der Waals surface area contributed by atoms with Crippen LogP contribution in [0.5, 0.6) is 0 Å². The minimum Gasteiger partial charge on any atom is -0.550 e. The van der Waals surface area contributed by atoms with Gasteiger partial charge in [0.2, 0.25) is 0 Å². The van der Waals surface area contributed by atoms with Gasteiger partial charge in [-0.3, -0.25) is 0 Å². The van der Waals surface area contributed by atoms with Gasteiger partial charge in [0.25, 0.3) is 0 Å². The van der Waals surface area contributed by atoms with E-state index in [4.69, 9.17) is 20.4 Å². The average Bonchev–Trinajstić information content (AvgIpc) is 3.47. The second-order valence-electron chi connectivity index (χ2n) is 24.6. The Balaban J connectivity index is -0.000000333. The normalized spacial score (nSPS) is 10.8. The SMILES string of the molecule is O=C([O-])CCCCCCCCCCCCCCCCCO.O=C([O-])CCCCCCCCCCCCCCCCCO.O=C([O-])CCCCCCCCCCCCCCCCCO.O=C([O-])CCCCCCCCCCCCCCCCCO.[Ti+4]. The Morgan fingerprint density at radius 3 is 0.294 bits per heavy atom. The minimum absolute atomic E-state index is 0. The van der Waals surface area contributed by atoms with Gasteiger partial charge in [-0.15, -0.1) is 0 Å². The van der Waals surface area contributed by atoms with Crippen molar-refractivity contribution >= 4 is 23.9 Å². The Bertz CT molecular complexity index is 1060. The van der Waals surface area contributed by atoms with E-state index in [2.05, 4.69) is 0 Å². The first-order valence-corrected chi connectivity index (χ1v) is 36.3. The van der Waals surface area contributed by atoms with Gasteiger partial charge in [0.15, 0.2) is 0 Å². The zero-order chi connectivity index (χ0) is 62.4. The monoisotopic (exact) mass is 1240 g/mol. The maximum Gasteiger partial charge on any atom is 4.00 e. The molecule has 0 spiro atoms. The smallest absolute Gasteiger partial charge is 0.550 e. The Labute approximate surface area is 540 Å². The van der Waals surface area contributed by atoms with Crippen LogP contribution in [0.3, 0.4) is 0 Å². The first-order valence-electron chi connectivity index (χ1n) is 36.3. The molecule has 0 aliphatic carbocycles. The van der Waals surface area contributed by atoms with Gasteiger partial charge in [-0.05, 0) is 77.0 Å². The van der Waals surface area contributed by atoms with Crippen molar-refractivity contribution in [3.8, 4) is 0 Å². The van der Waals surface area contributed by atoms with Crippen molar-refractivity contribution < 1.29 is 81.7 Å². The van der Waals surface area contributed by atoms with Crippen molar-refractivity contribution in [3.63, 3.8) is 0 Å². The number of carboxylic acid groups (broad SMARTS) is 4. The van der Waals surface area contributed by atoms with Crippen LogP contribution in [0.1, 0.15) is 411 Å². The number of carbonyl (C=O) groups is 4. The molecule has 0 saturated carbocycles. The van der Waals surface area contributed by atoms with E-state index in [1.54, 1.807) is 0 Å². The molecule has 0 aromatic rings. The van der Waals surface area contributed by atoms with Crippen LogP contribution in [-0.4, -0.2) is 70.7 Å². The summed E-state index contributed by atoms with van der Waals surface area (Å²) in [4.78, 5) is 40.9. The van der Waals surface area contributed by atoms with Crippen LogP contribution < -0.4 is 20.4 Å². The van der Waals surface area contributed by atoms with Crippen molar-refractivity contribution in [2.75, 3.05) is 26.4 Å². The number of unbranched alkanes of at least 4 members (excludes halogenated alkanes) is 56. The van der Waals surface area contributed by atoms with Gasteiger partial charge in [-0.25, -0.2) is 0 Å². The zero-order valence-electron chi connectivity index (χ0n) is 55.6. The third-order valence-electron chi connectivity index (χ3n) is 16.2. The Morgan fingerprint density at radius 1 is 0.153 bits per heavy atom. The zero-order valence-corrected chi connectivity index (χ0v) is 57.2. The summed E-state index contributed by atoms with van der Waals surface area (Å²) < 4.78 is 0. The van der Waals surface area contributed by atoms with Crippen molar-refractivity contribution in [2.24, 2.45) is 0 Å². The molecule has 0 fully saturated rings. The second-order valence-corrected chi connectivity index (χ2v) is 24.6. The molecule has 4 N–H and O–H groups in total. The predicted molar refractivity (Wildman–Crippen MR) is 344 cm³/mol. The van der Waals surface area contributed by atoms with E-state index in [0.717, 1.165) is 77.0 Å². The number of hydrogen-bond acceptors (Lipinski definition) is 12. The largest absolute Gasteiger partial charge is 4.00 e. The van der Waals surface area contributed by atoms with Crippen molar-refractivity contribution in [2.45, 2.75) is 411 Å². The number of carbonyl (C=O) groups excluding carboxylic acids is 4. The first-order chi connectivity index (χ1) is 41.1. The Hall–Kier alpha value is -1.57. The van der Waals surface area contributed by atoms with E-state index in [-0.39, 0.29) is 47.4 Å². The molecule has 13 heteroatoms. The van der Waals surface area contributed by atoms with Gasteiger partial charge < -0.3 is 60.0 Å². The number of rotatable bonds is 68. The number of aliphatic hydroxyl groups excluding tert-OH is 4. The van der Waals surface area contributed by atoms with Gasteiger partial charge in [-0.1, -0.05) is 334 Å². The number of aliphatic hydroxyl groups is 4. The summed E-state index contributed by atoms with van der Waals surface area (Å²) in [5, 5.41) is 75.6. The molecular formula is C72H140O12Ti. The molecule has 0 heterocycles. The Morgan fingerprint density at radius 2 is 0.224 bits per heavy atom. The molecule has 0 bridgehead atoms. The molecule has 0 saturated heterocycles. The molecule has 0 unspecified atom stereocenters. The van der Waals surface area contributed by atoms with Crippen LogP contribution >= 0.6 is 0 Å². The topological polar surface area (TPSA) is 241 Å². The van der Waals surface area contributed by atoms with Gasteiger partial charge in [0, 0.05) is 50.3 Å². The summed E-state index contributed by atoms with van der Waals surface area (Å²) in [6.45, 7) is 1.38. The molecule has 0 aromatic heterocycles. The molecule has 0 aliphatic heterocycles. The fraction of sp³-hybridized carbons (Fsp3) is 0.944. The van der Waals surface area contributed by atoms with Crippen molar-refractivity contribution in [3.05, 3.63) is 0 Å². The van der Waals surface area contributed by atoms with Gasteiger partial charge in [0.05, 0.1) is 0 Å². The van der Waals surface area contributed by atoms with Crippen molar-refractivity contribution in [1.29, 1.82) is 0 Å². The summed E-state index contributed by atoms with van der Waals surface area (Å²) >= 11 is 0. The number of carboxylic acids is 4. The van der Waals surface area contributed by atoms with E-state index >= 15 is 0 Å². The molecule has 0 atom stereocenters. The van der Waals surface area contributed by atoms with Crippen LogP contribution in [0.15, 0.2) is 0 Å². The van der Waals surface area contributed by atoms with Crippen LogP contribution in [0.2, 0.25) is 0 Å². The third-order valence-corrected chi connectivity index (χ3v) is 16.2. The van der Waals surface area contributed by atoms with E-state index in [9.17, 15) is 39.6 Å². The molecule has 0 radical (unpaired) electrons. The second kappa shape index (κ2) is 88.9. The van der Waals surface area contributed by atoms with E-state index in [0.29, 0.717) is 26.4 Å². The summed E-state index contributed by atoms with van der Waals surface area (Å²) in [6, 6.07) is 0. The maximum absolute atomic E-state index is 10.2. The number of aliphatic carboxylic acids is 4. The fourth-order valence-corrected chi connectivity index (χ4v) is 10.7. The molecule has 12 nitrogen and oxygen atoms in total. The summed E-state index contributed by atoms with van der Waals surface area (Å²) in [5.41, 5.74) is 0. The van der Waals surface area contributed by atoms with E-state index in [1.165, 1.54) is 308 Å². The van der Waals surface area contributed by atoms with Crippen LogP contribution in [0.25, 0.3) is 0 Å². The van der Waals surface area contributed by atoms with Gasteiger partial charge >= 0.3 is 21.7 Å². The summed E-state index contributed by atoms with van der Waals surface area (Å²) in [5.74, 6) is -3.65. The van der Waals surface area contributed by atoms with E-state index in [1.807, 2.05) is 0 Å². The fourth-order valence-electron chi connectivity index (χ4n) is 10.7. The quantitative estimate of drug-likeness (QED) is 0.0328. The van der Waals surface area contributed by atoms with Crippen molar-refractivity contribution in [1.82, 2.24) is 0 Å². The van der Waals surface area contributed by atoms with Crippen LogP contribution in [-0.2, 0) is 40.9 Å². The molecular weight excluding hydrogens is 1100 g/mol. The molecule has 0 rings (SSSR count). The third kappa shape index (κ3) is 108. The summed E-state index contributed by atoms with van der Waals surface area (Å²) in [6.07, 6.45) is 74.5. The molecule has 0 aliphatic rings. The molecule has 85 heavy (non-hydrogen) atoms. The molecule has 0 aromatic carbocycles. The first kappa shape index (κ1) is 92.2. The van der Waals surface area contributed by atoms with Gasteiger partial charge in [0.1, 0.15) is 0 Å². The van der Waals surface area contributed by atoms with Crippen LogP contribution in [0.4, 0.5) is 0 Å². The number of hydrogen-bond donors (Lipinski definition) is 4. The standard InChI is InChI=1S/4C18H36O3.Ti/c4*19-17-15-13-11-9-7-5-3-1-2-4-6-8-10-12-14-16-18(20)21;/h4*19H,1-17H2,(H,20,21);/q;;;;+4/p-4. The maximum atomic E-state index is 10.2. The Kier molecular flexibility index (Phi) is 96.3. The molecule has 0 amide bonds. The predicted octanol–water partition coefficient (Wildman–Crippen LogP) is 15.9. The minimum atomic E-state index is -0.914. The van der Waals surface area contributed by atoms with E-state index < -0.39 is 23.9 Å². The van der Waals surface area contributed by atoms with Crippen LogP contribution in [0, 0.1) is 0 Å². The average molecular weight is 1250 g/mol.